The van der Waals surface area contributed by atoms with E-state index in [4.69, 9.17) is 15.9 Å². The largest absolute Gasteiger partial charge is 0.480 e. The predicted molar refractivity (Wildman–Crippen MR) is 92.4 cm³/mol. The molecule has 1 heterocycles. The molecule has 0 fully saturated rings. The summed E-state index contributed by atoms with van der Waals surface area (Å²) in [4.78, 5) is 24.8. The molecule has 0 spiro atoms. The van der Waals surface area contributed by atoms with Crippen molar-refractivity contribution in [1.29, 1.82) is 0 Å². The number of terminal acetylenes is 1. The summed E-state index contributed by atoms with van der Waals surface area (Å²) in [6.45, 7) is 4.15. The smallest absolute Gasteiger partial charge is 0.348 e. The lowest BCUT2D eigenvalue weighted by Gasteiger charge is -2.11. The van der Waals surface area contributed by atoms with Crippen molar-refractivity contribution in [2.24, 2.45) is 0 Å². The number of benzene rings is 1. The first-order valence-electron chi connectivity index (χ1n) is 7.45. The number of rotatable bonds is 6. The van der Waals surface area contributed by atoms with Gasteiger partial charge in [-0.05, 0) is 25.0 Å². The van der Waals surface area contributed by atoms with Gasteiger partial charge in [0.2, 0.25) is 0 Å². The molecule has 0 atom stereocenters. The first-order chi connectivity index (χ1) is 11.1. The fourth-order valence-electron chi connectivity index (χ4n) is 2.30. The predicted octanol–water partition coefficient (Wildman–Crippen LogP) is 3.40. The molecule has 23 heavy (non-hydrogen) atoms. The zero-order valence-electron chi connectivity index (χ0n) is 13.2. The topological polar surface area (TPSA) is 52.6 Å². The molecule has 5 heteroatoms. The minimum absolute atomic E-state index is 0.0892. The summed E-state index contributed by atoms with van der Waals surface area (Å²) in [5.41, 5.74) is 0.760. The maximum absolute atomic E-state index is 12.5. The quantitative estimate of drug-likeness (QED) is 0.602. The molecule has 0 amide bonds. The molecule has 0 radical (unpaired) electrons. The Morgan fingerprint density at radius 2 is 2.13 bits per heavy atom. The van der Waals surface area contributed by atoms with Crippen molar-refractivity contribution in [3.05, 3.63) is 38.9 Å². The number of aryl methyl sites for hydroxylation is 1. The lowest BCUT2D eigenvalue weighted by Crippen LogP contribution is -2.10. The van der Waals surface area contributed by atoms with E-state index in [9.17, 15) is 9.59 Å². The molecule has 0 aliphatic carbocycles. The van der Waals surface area contributed by atoms with Gasteiger partial charge in [0.05, 0.1) is 12.0 Å². The molecule has 0 N–H and O–H groups in total. The Labute approximate surface area is 139 Å². The summed E-state index contributed by atoms with van der Waals surface area (Å²) >= 11 is 1.26. The summed E-state index contributed by atoms with van der Waals surface area (Å²) in [6, 6.07) is 4.99. The average Bonchev–Trinajstić information content (AvgIpc) is 2.54. The zero-order chi connectivity index (χ0) is 16.8. The van der Waals surface area contributed by atoms with Gasteiger partial charge >= 0.3 is 5.97 Å². The molecule has 0 aliphatic heterocycles. The minimum atomic E-state index is -0.478. The van der Waals surface area contributed by atoms with E-state index >= 15 is 0 Å². The SMILES string of the molecule is C#CCOc1ccc(CCC)c2sc(C(=O)OCC)cc(=O)c12. The lowest BCUT2D eigenvalue weighted by molar-refractivity contribution is 0.0532. The molecular formula is C18H18O4S. The van der Waals surface area contributed by atoms with Crippen molar-refractivity contribution >= 4 is 27.4 Å². The summed E-state index contributed by atoms with van der Waals surface area (Å²) < 4.78 is 11.2. The van der Waals surface area contributed by atoms with Gasteiger partial charge in [-0.15, -0.1) is 17.8 Å². The molecule has 0 unspecified atom stereocenters. The maximum Gasteiger partial charge on any atom is 0.348 e. The summed E-state index contributed by atoms with van der Waals surface area (Å²) in [5.74, 6) is 2.37. The van der Waals surface area contributed by atoms with E-state index in [1.54, 1.807) is 13.0 Å². The third-order valence-corrected chi connectivity index (χ3v) is 4.40. The summed E-state index contributed by atoms with van der Waals surface area (Å²) in [7, 11) is 0. The standard InChI is InChI=1S/C18H18O4S/c1-4-7-12-8-9-14(22-10-5-2)16-13(19)11-15(23-17(12)16)18(20)21-6-3/h2,8-9,11H,4,6-7,10H2,1,3H3. The molecule has 120 valence electrons. The van der Waals surface area contributed by atoms with E-state index in [0.717, 1.165) is 23.1 Å². The highest BCUT2D eigenvalue weighted by molar-refractivity contribution is 7.20. The number of ether oxygens (including phenoxy) is 2. The van der Waals surface area contributed by atoms with Crippen LogP contribution in [0.3, 0.4) is 0 Å². The van der Waals surface area contributed by atoms with E-state index in [-0.39, 0.29) is 18.6 Å². The highest BCUT2D eigenvalue weighted by atomic mass is 32.1. The maximum atomic E-state index is 12.5. The second-order valence-corrected chi connectivity index (χ2v) is 5.92. The lowest BCUT2D eigenvalue weighted by atomic mass is 10.1. The van der Waals surface area contributed by atoms with E-state index in [2.05, 4.69) is 12.8 Å². The Hall–Kier alpha value is -2.32. The van der Waals surface area contributed by atoms with Gasteiger partial charge in [-0.25, -0.2) is 4.79 Å². The Kier molecular flexibility index (Phi) is 5.78. The van der Waals surface area contributed by atoms with Crippen molar-refractivity contribution in [1.82, 2.24) is 0 Å². The van der Waals surface area contributed by atoms with E-state index in [1.807, 2.05) is 6.07 Å². The van der Waals surface area contributed by atoms with Crippen molar-refractivity contribution in [2.75, 3.05) is 13.2 Å². The Balaban J connectivity index is 2.68. The Bertz CT molecular complexity index is 814. The van der Waals surface area contributed by atoms with Crippen LogP contribution in [0.15, 0.2) is 23.0 Å². The second-order valence-electron chi connectivity index (χ2n) is 4.87. The van der Waals surface area contributed by atoms with Gasteiger partial charge < -0.3 is 9.47 Å². The number of carbonyl (C=O) groups is 1. The average molecular weight is 330 g/mol. The molecule has 1 aromatic heterocycles. The fourth-order valence-corrected chi connectivity index (χ4v) is 3.43. The highest BCUT2D eigenvalue weighted by Crippen LogP contribution is 2.31. The van der Waals surface area contributed by atoms with Crippen LogP contribution in [-0.4, -0.2) is 19.2 Å². The summed E-state index contributed by atoms with van der Waals surface area (Å²) in [6.07, 6.45) is 6.97. The molecular weight excluding hydrogens is 312 g/mol. The fraction of sp³-hybridized carbons (Fsp3) is 0.333. The van der Waals surface area contributed by atoms with Gasteiger partial charge in [0, 0.05) is 10.8 Å². The van der Waals surface area contributed by atoms with E-state index in [1.165, 1.54) is 17.4 Å². The Morgan fingerprint density at radius 3 is 2.78 bits per heavy atom. The normalized spacial score (nSPS) is 10.3. The molecule has 1 aromatic carbocycles. The van der Waals surface area contributed by atoms with Crippen LogP contribution >= 0.6 is 11.3 Å². The summed E-state index contributed by atoms with van der Waals surface area (Å²) in [5, 5.41) is 0.476. The van der Waals surface area contributed by atoms with Crippen LogP contribution in [0.1, 0.15) is 35.5 Å². The van der Waals surface area contributed by atoms with Gasteiger partial charge in [-0.3, -0.25) is 4.79 Å². The van der Waals surface area contributed by atoms with Gasteiger partial charge in [0.15, 0.2) is 5.43 Å². The van der Waals surface area contributed by atoms with Gasteiger partial charge in [0.1, 0.15) is 17.2 Å². The molecule has 2 aromatic rings. The zero-order valence-corrected chi connectivity index (χ0v) is 14.0. The monoisotopic (exact) mass is 330 g/mol. The molecule has 0 aliphatic rings. The van der Waals surface area contributed by atoms with Crippen molar-refractivity contribution in [3.8, 4) is 18.1 Å². The third-order valence-electron chi connectivity index (χ3n) is 3.23. The van der Waals surface area contributed by atoms with Crippen LogP contribution in [0.4, 0.5) is 0 Å². The third kappa shape index (κ3) is 3.72. The Morgan fingerprint density at radius 1 is 1.35 bits per heavy atom. The van der Waals surface area contributed by atoms with Gasteiger partial charge in [0.25, 0.3) is 0 Å². The minimum Gasteiger partial charge on any atom is -0.480 e. The van der Waals surface area contributed by atoms with Gasteiger partial charge in [-0.1, -0.05) is 25.3 Å². The second kappa shape index (κ2) is 7.80. The first-order valence-corrected chi connectivity index (χ1v) is 8.27. The molecule has 0 saturated carbocycles. The molecule has 4 nitrogen and oxygen atoms in total. The van der Waals surface area contributed by atoms with Crippen molar-refractivity contribution in [3.63, 3.8) is 0 Å². The van der Waals surface area contributed by atoms with Crippen molar-refractivity contribution in [2.45, 2.75) is 26.7 Å². The number of fused-ring (bicyclic) bond motifs is 1. The number of esters is 1. The molecule has 0 bridgehead atoms. The number of carbonyl (C=O) groups excluding carboxylic acids is 1. The molecule has 2 rings (SSSR count). The number of hydrogen-bond acceptors (Lipinski definition) is 5. The van der Waals surface area contributed by atoms with Gasteiger partial charge in [-0.2, -0.15) is 0 Å². The van der Waals surface area contributed by atoms with Crippen LogP contribution in [0.2, 0.25) is 0 Å². The van der Waals surface area contributed by atoms with Crippen molar-refractivity contribution < 1.29 is 14.3 Å². The van der Waals surface area contributed by atoms with Crippen LogP contribution < -0.4 is 10.2 Å². The van der Waals surface area contributed by atoms with Crippen LogP contribution in [0.5, 0.6) is 5.75 Å². The van der Waals surface area contributed by atoms with E-state index in [0.29, 0.717) is 16.0 Å². The van der Waals surface area contributed by atoms with Crippen LogP contribution in [0, 0.1) is 12.3 Å². The number of hydrogen-bond donors (Lipinski definition) is 0. The first kappa shape index (κ1) is 17.0. The van der Waals surface area contributed by atoms with E-state index < -0.39 is 5.97 Å². The van der Waals surface area contributed by atoms with Crippen LogP contribution in [-0.2, 0) is 11.2 Å². The molecule has 0 saturated heterocycles. The highest BCUT2D eigenvalue weighted by Gasteiger charge is 2.16. The van der Waals surface area contributed by atoms with Crippen LogP contribution in [0.25, 0.3) is 10.1 Å².